The maximum Gasteiger partial charge on any atom is 0.342 e. The third kappa shape index (κ3) is 4.74. The van der Waals surface area contributed by atoms with Crippen LogP contribution in [-0.2, 0) is 16.1 Å². The molecule has 0 saturated carbocycles. The zero-order chi connectivity index (χ0) is 19.9. The topological polar surface area (TPSA) is 106 Å². The van der Waals surface area contributed by atoms with Crippen LogP contribution in [-0.4, -0.2) is 45.2 Å². The number of phenolic OH excluding ortho intramolecular Hbond substituents is 1. The molecule has 0 saturated heterocycles. The highest BCUT2D eigenvalue weighted by Crippen LogP contribution is 2.23. The molecule has 0 radical (unpaired) electrons. The third-order valence-corrected chi connectivity index (χ3v) is 4.68. The lowest BCUT2D eigenvalue weighted by atomic mass is 10.2. The predicted molar refractivity (Wildman–Crippen MR) is 102 cm³/mol. The van der Waals surface area contributed by atoms with E-state index in [1.807, 2.05) is 24.4 Å². The van der Waals surface area contributed by atoms with Gasteiger partial charge < -0.3 is 19.2 Å². The van der Waals surface area contributed by atoms with Gasteiger partial charge in [-0.1, -0.05) is 25.1 Å². The summed E-state index contributed by atoms with van der Waals surface area (Å²) in [5.41, 5.74) is 0.00910. The normalized spacial score (nSPS) is 10.6. The number of nitrogens with zero attached hydrogens (tertiary/aromatic N) is 3. The number of hydrogen-bond donors (Lipinski definition) is 1. The van der Waals surface area contributed by atoms with Crippen molar-refractivity contribution in [2.75, 3.05) is 13.2 Å². The van der Waals surface area contributed by atoms with Gasteiger partial charge in [-0.3, -0.25) is 4.79 Å². The maximum absolute atomic E-state index is 12.5. The van der Waals surface area contributed by atoms with Crippen molar-refractivity contribution in [3.05, 3.63) is 53.2 Å². The fraction of sp³-hybridized carbons (Fsp3) is 0.263. The Kier molecular flexibility index (Phi) is 6.38. The van der Waals surface area contributed by atoms with Gasteiger partial charge in [-0.25, -0.2) is 4.79 Å². The van der Waals surface area contributed by atoms with Gasteiger partial charge in [0.05, 0.1) is 11.4 Å². The van der Waals surface area contributed by atoms with Gasteiger partial charge in [0.2, 0.25) is 5.89 Å². The summed E-state index contributed by atoms with van der Waals surface area (Å²) in [4.78, 5) is 26.9. The summed E-state index contributed by atoms with van der Waals surface area (Å²) in [7, 11) is 0. The number of esters is 1. The fourth-order valence-corrected chi connectivity index (χ4v) is 3.13. The number of para-hydroxylation sites is 1. The predicted octanol–water partition coefficient (Wildman–Crippen LogP) is 3.10. The van der Waals surface area contributed by atoms with Crippen molar-refractivity contribution >= 4 is 23.2 Å². The van der Waals surface area contributed by atoms with Crippen LogP contribution in [0.5, 0.6) is 5.75 Å². The molecule has 0 aliphatic heterocycles. The Hall–Kier alpha value is -3.20. The highest BCUT2D eigenvalue weighted by atomic mass is 32.1. The second-order valence-corrected chi connectivity index (χ2v) is 6.83. The van der Waals surface area contributed by atoms with Crippen LogP contribution in [0.25, 0.3) is 10.8 Å². The van der Waals surface area contributed by atoms with Gasteiger partial charge in [0.25, 0.3) is 11.8 Å². The SMILES string of the molecule is CCCN(Cc1nnc(-c2cccs2)o1)C(=O)COC(=O)c1ccccc1O. The van der Waals surface area contributed by atoms with Gasteiger partial charge in [-0.15, -0.1) is 21.5 Å². The molecule has 2 aromatic heterocycles. The standard InChI is InChI=1S/C19H19N3O5S/c1-2-9-22(11-16-20-21-18(27-16)15-8-5-10-28-15)17(24)12-26-19(25)13-6-3-4-7-14(13)23/h3-8,10,23H,2,9,11-12H2,1H3. The summed E-state index contributed by atoms with van der Waals surface area (Å²) in [6.07, 6.45) is 0.713. The molecular weight excluding hydrogens is 382 g/mol. The monoisotopic (exact) mass is 401 g/mol. The Morgan fingerprint density at radius 1 is 1.21 bits per heavy atom. The number of aromatic nitrogens is 2. The van der Waals surface area contributed by atoms with Gasteiger partial charge in [-0.05, 0) is 30.0 Å². The van der Waals surface area contributed by atoms with Crippen LogP contribution >= 0.6 is 11.3 Å². The van der Waals surface area contributed by atoms with E-state index in [4.69, 9.17) is 9.15 Å². The van der Waals surface area contributed by atoms with Crippen molar-refractivity contribution in [1.29, 1.82) is 0 Å². The largest absolute Gasteiger partial charge is 0.507 e. The lowest BCUT2D eigenvalue weighted by Crippen LogP contribution is -2.35. The lowest BCUT2D eigenvalue weighted by Gasteiger charge is -2.20. The summed E-state index contributed by atoms with van der Waals surface area (Å²) in [6.45, 7) is 2.06. The van der Waals surface area contributed by atoms with E-state index in [2.05, 4.69) is 10.2 Å². The van der Waals surface area contributed by atoms with Crippen LogP contribution < -0.4 is 0 Å². The molecule has 0 fully saturated rings. The van der Waals surface area contributed by atoms with Crippen molar-refractivity contribution < 1.29 is 23.8 Å². The van der Waals surface area contributed by atoms with E-state index >= 15 is 0 Å². The number of phenols is 1. The second kappa shape index (κ2) is 9.14. The van der Waals surface area contributed by atoms with E-state index < -0.39 is 12.6 Å². The molecule has 0 unspecified atom stereocenters. The van der Waals surface area contributed by atoms with Crippen LogP contribution in [0.1, 0.15) is 29.6 Å². The molecule has 8 nitrogen and oxygen atoms in total. The molecule has 3 aromatic rings. The average molecular weight is 401 g/mol. The first-order valence-corrected chi connectivity index (χ1v) is 9.55. The van der Waals surface area contributed by atoms with Gasteiger partial charge >= 0.3 is 5.97 Å². The van der Waals surface area contributed by atoms with Crippen molar-refractivity contribution in [1.82, 2.24) is 15.1 Å². The van der Waals surface area contributed by atoms with Gasteiger partial charge in [0.1, 0.15) is 11.3 Å². The van der Waals surface area contributed by atoms with Crippen molar-refractivity contribution in [2.24, 2.45) is 0 Å². The molecule has 0 aliphatic carbocycles. The number of aromatic hydroxyl groups is 1. The number of amides is 1. The van der Waals surface area contributed by atoms with E-state index in [-0.39, 0.29) is 23.8 Å². The van der Waals surface area contributed by atoms with Crippen LogP contribution in [0.15, 0.2) is 46.2 Å². The molecule has 3 rings (SSSR count). The molecule has 1 aromatic carbocycles. The minimum Gasteiger partial charge on any atom is -0.507 e. The average Bonchev–Trinajstić information content (AvgIpc) is 3.37. The van der Waals surface area contributed by atoms with Crippen LogP contribution in [0.4, 0.5) is 0 Å². The molecule has 1 N–H and O–H groups in total. The van der Waals surface area contributed by atoms with E-state index in [9.17, 15) is 14.7 Å². The number of thiophene rings is 1. The Morgan fingerprint density at radius 2 is 2.04 bits per heavy atom. The molecule has 2 heterocycles. The number of ether oxygens (including phenoxy) is 1. The number of benzene rings is 1. The van der Waals surface area contributed by atoms with Crippen molar-refractivity contribution in [3.8, 4) is 16.5 Å². The Morgan fingerprint density at radius 3 is 2.75 bits per heavy atom. The van der Waals surface area contributed by atoms with Gasteiger partial charge in [0.15, 0.2) is 6.61 Å². The molecule has 28 heavy (non-hydrogen) atoms. The molecule has 9 heteroatoms. The minimum atomic E-state index is -0.763. The quantitative estimate of drug-likeness (QED) is 0.578. The first-order chi connectivity index (χ1) is 13.6. The number of carbonyl (C=O) groups is 2. The molecule has 0 spiro atoms. The Bertz CT molecular complexity index is 939. The number of rotatable bonds is 8. The smallest absolute Gasteiger partial charge is 0.342 e. The van der Waals surface area contributed by atoms with Crippen molar-refractivity contribution in [2.45, 2.75) is 19.9 Å². The zero-order valence-corrected chi connectivity index (χ0v) is 16.0. The van der Waals surface area contributed by atoms with Crippen LogP contribution in [0.3, 0.4) is 0 Å². The van der Waals surface area contributed by atoms with Gasteiger partial charge in [-0.2, -0.15) is 0 Å². The van der Waals surface area contributed by atoms with E-state index in [1.165, 1.54) is 28.4 Å². The Labute approximate surface area is 165 Å². The van der Waals surface area contributed by atoms with E-state index in [0.29, 0.717) is 24.7 Å². The second-order valence-electron chi connectivity index (χ2n) is 5.89. The molecule has 0 atom stereocenters. The molecule has 0 bridgehead atoms. The lowest BCUT2D eigenvalue weighted by molar-refractivity contribution is -0.135. The minimum absolute atomic E-state index is 0.00910. The van der Waals surface area contributed by atoms with Crippen molar-refractivity contribution in [3.63, 3.8) is 0 Å². The first-order valence-electron chi connectivity index (χ1n) is 8.67. The number of hydrogen-bond acceptors (Lipinski definition) is 8. The summed E-state index contributed by atoms with van der Waals surface area (Å²) in [5, 5.41) is 19.6. The molecule has 146 valence electrons. The summed E-state index contributed by atoms with van der Waals surface area (Å²) in [5.74, 6) is -0.642. The first kappa shape index (κ1) is 19.6. The van der Waals surface area contributed by atoms with Crippen LogP contribution in [0, 0.1) is 0 Å². The zero-order valence-electron chi connectivity index (χ0n) is 15.2. The van der Waals surface area contributed by atoms with Crippen LogP contribution in [0.2, 0.25) is 0 Å². The molecular formula is C19H19N3O5S. The molecule has 1 amide bonds. The summed E-state index contributed by atoms with van der Waals surface area (Å²) in [6, 6.07) is 9.75. The number of carbonyl (C=O) groups excluding carboxylic acids is 2. The van der Waals surface area contributed by atoms with Gasteiger partial charge in [0, 0.05) is 6.54 Å². The Balaban J connectivity index is 1.61. The van der Waals surface area contributed by atoms with E-state index in [1.54, 1.807) is 12.1 Å². The highest BCUT2D eigenvalue weighted by molar-refractivity contribution is 7.13. The van der Waals surface area contributed by atoms with E-state index in [0.717, 1.165) is 4.88 Å². The molecule has 0 aliphatic rings. The summed E-state index contributed by atoms with van der Waals surface area (Å²) >= 11 is 1.48. The maximum atomic E-state index is 12.5. The highest BCUT2D eigenvalue weighted by Gasteiger charge is 2.20. The summed E-state index contributed by atoms with van der Waals surface area (Å²) < 4.78 is 10.7. The fourth-order valence-electron chi connectivity index (χ4n) is 2.49. The third-order valence-electron chi connectivity index (χ3n) is 3.82.